The van der Waals surface area contributed by atoms with Crippen molar-refractivity contribution in [2.75, 3.05) is 26.4 Å². The van der Waals surface area contributed by atoms with Crippen LogP contribution < -0.4 is 0 Å². The SMILES string of the molecule is CCCCC/C=C\CC1OC1CCCCCCCC(=O)O[C@H](COC(=O)CCCCCCCCCCCCCCC(C)C)COP(=O)(O)OC[C@@H](O)CO. The zero-order chi connectivity index (χ0) is 39.7. The summed E-state index contributed by atoms with van der Waals surface area (Å²) in [5.74, 6) is -0.133. The van der Waals surface area contributed by atoms with Crippen molar-refractivity contribution in [1.82, 2.24) is 0 Å². The molecule has 1 rings (SSSR count). The molecule has 11 nitrogen and oxygen atoms in total. The number of hydrogen-bond acceptors (Lipinski definition) is 10. The van der Waals surface area contributed by atoms with E-state index in [0.29, 0.717) is 25.0 Å². The van der Waals surface area contributed by atoms with Crippen LogP contribution in [0.2, 0.25) is 0 Å². The van der Waals surface area contributed by atoms with Gasteiger partial charge in [0, 0.05) is 12.8 Å². The molecule has 5 atom stereocenters. The van der Waals surface area contributed by atoms with Crippen LogP contribution in [0.15, 0.2) is 12.2 Å². The number of phosphoric acid groups is 1. The van der Waals surface area contributed by atoms with Gasteiger partial charge in [-0.15, -0.1) is 0 Å². The lowest BCUT2D eigenvalue weighted by molar-refractivity contribution is -0.161. The predicted molar refractivity (Wildman–Crippen MR) is 214 cm³/mol. The third kappa shape index (κ3) is 31.8. The van der Waals surface area contributed by atoms with Crippen LogP contribution in [0.5, 0.6) is 0 Å². The average Bonchev–Trinajstić information content (AvgIpc) is 3.90. The lowest BCUT2D eigenvalue weighted by Crippen LogP contribution is -2.29. The Morgan fingerprint density at radius 2 is 1.26 bits per heavy atom. The molecule has 3 unspecified atom stereocenters. The molecule has 0 aliphatic carbocycles. The predicted octanol–water partition coefficient (Wildman–Crippen LogP) is 10.1. The first-order valence-electron chi connectivity index (χ1n) is 21.6. The van der Waals surface area contributed by atoms with Gasteiger partial charge in [0.25, 0.3) is 0 Å². The van der Waals surface area contributed by atoms with E-state index in [9.17, 15) is 24.2 Å². The van der Waals surface area contributed by atoms with E-state index in [1.165, 1.54) is 77.0 Å². The molecule has 0 radical (unpaired) electrons. The monoisotopic (exact) mass is 791 g/mol. The van der Waals surface area contributed by atoms with Crippen molar-refractivity contribution < 1.29 is 52.5 Å². The molecular weight excluding hydrogens is 711 g/mol. The average molecular weight is 791 g/mol. The molecule has 1 aliphatic rings. The van der Waals surface area contributed by atoms with Crippen LogP contribution >= 0.6 is 7.82 Å². The van der Waals surface area contributed by atoms with Crippen molar-refractivity contribution in [3.05, 3.63) is 12.2 Å². The second kappa shape index (κ2) is 33.8. The third-order valence-electron chi connectivity index (χ3n) is 9.77. The lowest BCUT2D eigenvalue weighted by Gasteiger charge is -2.20. The number of epoxide rings is 1. The summed E-state index contributed by atoms with van der Waals surface area (Å²) in [7, 11) is -4.62. The van der Waals surface area contributed by atoms with Gasteiger partial charge in [-0.2, -0.15) is 0 Å². The number of hydrogen-bond donors (Lipinski definition) is 3. The standard InChI is InChI=1S/C42H79O11P/c1-4-5-6-7-18-23-28-39-40(53-39)29-24-19-16-21-26-31-42(46)52-38(35-51-54(47,48)50-33-37(44)32-43)34-49-41(45)30-25-20-15-13-11-9-8-10-12-14-17-22-27-36(2)3/h18,23,36-40,43-44H,4-17,19-22,24-35H2,1-3H3,(H,47,48)/b23-18-/t37-,38+,39?,40?/m0/s1. The first kappa shape index (κ1) is 50.7. The van der Waals surface area contributed by atoms with Crippen molar-refractivity contribution in [3.63, 3.8) is 0 Å². The fourth-order valence-corrected chi connectivity index (χ4v) is 7.09. The highest BCUT2D eigenvalue weighted by Gasteiger charge is 2.36. The van der Waals surface area contributed by atoms with E-state index in [-0.39, 0.29) is 19.4 Å². The number of carbonyl (C=O) groups excluding carboxylic acids is 2. The second-order valence-electron chi connectivity index (χ2n) is 15.6. The summed E-state index contributed by atoms with van der Waals surface area (Å²) in [5, 5.41) is 18.3. The van der Waals surface area contributed by atoms with Gasteiger partial charge in [-0.25, -0.2) is 4.57 Å². The minimum Gasteiger partial charge on any atom is -0.462 e. The Hall–Kier alpha value is -1.33. The maximum atomic E-state index is 12.6. The molecule has 1 fully saturated rings. The van der Waals surface area contributed by atoms with E-state index < -0.39 is 51.8 Å². The number of carbonyl (C=O) groups is 2. The highest BCUT2D eigenvalue weighted by atomic mass is 31.2. The van der Waals surface area contributed by atoms with Gasteiger partial charge in [-0.05, 0) is 44.4 Å². The molecule has 0 spiro atoms. The fraction of sp³-hybridized carbons (Fsp3) is 0.905. The Labute approximate surface area is 328 Å². The number of unbranched alkanes of at least 4 members (excludes halogenated alkanes) is 18. The van der Waals surface area contributed by atoms with Gasteiger partial charge < -0.3 is 29.3 Å². The molecule has 0 bridgehead atoms. The third-order valence-corrected chi connectivity index (χ3v) is 10.7. The summed E-state index contributed by atoms with van der Waals surface area (Å²) in [5.41, 5.74) is 0. The molecule has 54 heavy (non-hydrogen) atoms. The van der Waals surface area contributed by atoms with Gasteiger partial charge in [0.05, 0.1) is 32.0 Å². The Kier molecular flexibility index (Phi) is 31.7. The molecule has 0 aromatic heterocycles. The Morgan fingerprint density at radius 1 is 0.704 bits per heavy atom. The second-order valence-corrected chi connectivity index (χ2v) is 17.0. The van der Waals surface area contributed by atoms with Crippen LogP contribution in [0, 0.1) is 5.92 Å². The van der Waals surface area contributed by atoms with Gasteiger partial charge in [0.2, 0.25) is 0 Å². The largest absolute Gasteiger partial charge is 0.472 e. The zero-order valence-electron chi connectivity index (χ0n) is 34.3. The Bertz CT molecular complexity index is 991. The molecule has 1 aliphatic heterocycles. The molecule has 3 N–H and O–H groups in total. The summed E-state index contributed by atoms with van der Waals surface area (Å²) >= 11 is 0. The first-order valence-corrected chi connectivity index (χ1v) is 23.1. The molecule has 0 saturated carbocycles. The number of esters is 2. The normalized spacial score (nSPS) is 17.8. The lowest BCUT2D eigenvalue weighted by atomic mass is 10.0. The van der Waals surface area contributed by atoms with Gasteiger partial charge in [-0.3, -0.25) is 18.6 Å². The van der Waals surface area contributed by atoms with E-state index in [1.54, 1.807) is 0 Å². The molecule has 1 heterocycles. The van der Waals surface area contributed by atoms with Crippen molar-refractivity contribution >= 4 is 19.8 Å². The number of rotatable bonds is 39. The van der Waals surface area contributed by atoms with Crippen LogP contribution in [0.25, 0.3) is 0 Å². The van der Waals surface area contributed by atoms with Crippen LogP contribution in [0.4, 0.5) is 0 Å². The number of allylic oxidation sites excluding steroid dienone is 1. The Balaban J connectivity index is 2.25. The van der Waals surface area contributed by atoms with Crippen molar-refractivity contribution in [3.8, 4) is 0 Å². The van der Waals surface area contributed by atoms with E-state index in [2.05, 4.69) is 37.4 Å². The van der Waals surface area contributed by atoms with Crippen molar-refractivity contribution in [1.29, 1.82) is 0 Å². The number of aliphatic hydroxyl groups excluding tert-OH is 2. The number of phosphoric ester groups is 1. The molecular formula is C42H79O11P. The van der Waals surface area contributed by atoms with Gasteiger partial charge in [0.1, 0.15) is 12.7 Å². The summed E-state index contributed by atoms with van der Waals surface area (Å²) in [4.78, 5) is 35.0. The van der Waals surface area contributed by atoms with Gasteiger partial charge >= 0.3 is 19.8 Å². The van der Waals surface area contributed by atoms with E-state index in [0.717, 1.165) is 70.1 Å². The smallest absolute Gasteiger partial charge is 0.462 e. The highest BCUT2D eigenvalue weighted by molar-refractivity contribution is 7.47. The molecule has 1 saturated heterocycles. The zero-order valence-corrected chi connectivity index (χ0v) is 35.2. The molecule has 12 heteroatoms. The molecule has 0 aromatic carbocycles. The number of ether oxygens (including phenoxy) is 3. The minimum atomic E-state index is -4.62. The van der Waals surface area contributed by atoms with Crippen LogP contribution in [0.1, 0.15) is 188 Å². The van der Waals surface area contributed by atoms with Gasteiger partial charge in [0.15, 0.2) is 6.10 Å². The van der Waals surface area contributed by atoms with Crippen molar-refractivity contribution in [2.24, 2.45) is 5.92 Å². The fourth-order valence-electron chi connectivity index (χ4n) is 6.30. The molecule has 318 valence electrons. The Morgan fingerprint density at radius 3 is 1.85 bits per heavy atom. The quantitative estimate of drug-likeness (QED) is 0.0179. The van der Waals surface area contributed by atoms with E-state index in [1.807, 2.05) is 0 Å². The summed E-state index contributed by atoms with van der Waals surface area (Å²) in [6.45, 7) is 4.66. The summed E-state index contributed by atoms with van der Waals surface area (Å²) in [6, 6.07) is 0. The molecule has 0 amide bonds. The van der Waals surface area contributed by atoms with Crippen LogP contribution in [-0.4, -0.2) is 77.9 Å². The van der Waals surface area contributed by atoms with Crippen molar-refractivity contribution in [2.45, 2.75) is 212 Å². The van der Waals surface area contributed by atoms with E-state index in [4.69, 9.17) is 23.8 Å². The van der Waals surface area contributed by atoms with Crippen LogP contribution in [-0.2, 0) is 37.4 Å². The highest BCUT2D eigenvalue weighted by Crippen LogP contribution is 2.43. The summed E-state index contributed by atoms with van der Waals surface area (Å²) < 4.78 is 38.5. The number of aliphatic hydroxyl groups is 2. The maximum Gasteiger partial charge on any atom is 0.472 e. The van der Waals surface area contributed by atoms with Crippen LogP contribution in [0.3, 0.4) is 0 Å². The van der Waals surface area contributed by atoms with E-state index >= 15 is 0 Å². The van der Waals surface area contributed by atoms with Gasteiger partial charge in [-0.1, -0.05) is 148 Å². The topological polar surface area (TPSA) is 161 Å². The molecule has 0 aromatic rings. The summed E-state index contributed by atoms with van der Waals surface area (Å²) in [6.07, 6.45) is 30.5. The first-order chi connectivity index (χ1) is 26.1. The maximum absolute atomic E-state index is 12.6. The minimum absolute atomic E-state index is 0.164.